The Morgan fingerprint density at radius 1 is 1.52 bits per heavy atom. The highest BCUT2D eigenvalue weighted by Crippen LogP contribution is 2.23. The maximum absolute atomic E-state index is 12.3. The van der Waals surface area contributed by atoms with E-state index in [0.717, 1.165) is 17.0 Å². The van der Waals surface area contributed by atoms with Crippen LogP contribution >= 0.6 is 0 Å². The third-order valence-electron chi connectivity index (χ3n) is 3.99. The summed E-state index contributed by atoms with van der Waals surface area (Å²) in [4.78, 5) is 12.3. The van der Waals surface area contributed by atoms with Crippen molar-refractivity contribution in [2.45, 2.75) is 26.8 Å². The summed E-state index contributed by atoms with van der Waals surface area (Å²) in [7, 11) is 3.42. The molecule has 0 aliphatic carbocycles. The predicted molar refractivity (Wildman–Crippen MR) is 95.9 cm³/mol. The van der Waals surface area contributed by atoms with Gasteiger partial charge in [-0.15, -0.1) is 0 Å². The summed E-state index contributed by atoms with van der Waals surface area (Å²) in [5, 5.41) is 16.1. The van der Waals surface area contributed by atoms with Crippen molar-refractivity contribution in [3.8, 4) is 6.07 Å². The normalized spacial score (nSPS) is 12.7. The monoisotopic (exact) mass is 341 g/mol. The number of rotatable bonds is 6. The average Bonchev–Trinajstić information content (AvgIpc) is 3.08. The molecule has 0 unspecified atom stereocenters. The number of ether oxygens (including phenoxy) is 1. The fraction of sp³-hybridized carbons (Fsp3) is 0.389. The van der Waals surface area contributed by atoms with Crippen LogP contribution in [0, 0.1) is 25.2 Å². The van der Waals surface area contributed by atoms with Crippen LogP contribution in [0.1, 0.15) is 29.9 Å². The van der Waals surface area contributed by atoms with Crippen LogP contribution in [-0.2, 0) is 16.6 Å². The van der Waals surface area contributed by atoms with Crippen molar-refractivity contribution in [2.24, 2.45) is 7.05 Å². The lowest BCUT2D eigenvalue weighted by Gasteiger charge is -2.17. The lowest BCUT2D eigenvalue weighted by atomic mass is 10.1. The molecule has 7 heteroatoms. The van der Waals surface area contributed by atoms with Crippen LogP contribution in [0.3, 0.4) is 0 Å². The summed E-state index contributed by atoms with van der Waals surface area (Å²) in [6, 6.07) is 5.77. The van der Waals surface area contributed by atoms with Crippen molar-refractivity contribution < 1.29 is 9.53 Å². The highest BCUT2D eigenvalue weighted by molar-refractivity contribution is 6.09. The minimum absolute atomic E-state index is 0.0327. The van der Waals surface area contributed by atoms with Gasteiger partial charge < -0.3 is 14.6 Å². The summed E-state index contributed by atoms with van der Waals surface area (Å²) >= 11 is 0. The number of carbonyl (C=O) groups is 1. The number of hydrogen-bond acceptors (Lipinski definition) is 4. The molecule has 132 valence electrons. The summed E-state index contributed by atoms with van der Waals surface area (Å²) in [6.45, 7) is 6.62. The third-order valence-corrected chi connectivity index (χ3v) is 3.99. The number of nitriles is 1. The molecule has 2 rings (SSSR count). The Morgan fingerprint density at radius 2 is 2.24 bits per heavy atom. The maximum atomic E-state index is 12.3. The molecule has 0 saturated carbocycles. The Labute approximate surface area is 147 Å². The van der Waals surface area contributed by atoms with Crippen molar-refractivity contribution in [3.63, 3.8) is 0 Å². The summed E-state index contributed by atoms with van der Waals surface area (Å²) in [6.07, 6.45) is 3.33. The number of nitrogens with one attached hydrogen (secondary N) is 1. The van der Waals surface area contributed by atoms with E-state index in [1.54, 1.807) is 37.2 Å². The quantitative estimate of drug-likeness (QED) is 0.646. The van der Waals surface area contributed by atoms with Crippen molar-refractivity contribution in [1.29, 1.82) is 5.26 Å². The summed E-state index contributed by atoms with van der Waals surface area (Å²) in [5.41, 5.74) is 2.91. The molecule has 0 aliphatic rings. The maximum Gasteiger partial charge on any atom is 0.267 e. The van der Waals surface area contributed by atoms with E-state index in [1.165, 1.54) is 0 Å². The lowest BCUT2D eigenvalue weighted by molar-refractivity contribution is -0.112. The van der Waals surface area contributed by atoms with E-state index in [9.17, 15) is 10.1 Å². The average molecular weight is 341 g/mol. The number of aryl methyl sites for hydroxylation is 2. The van der Waals surface area contributed by atoms with Crippen LogP contribution in [0.2, 0.25) is 0 Å². The predicted octanol–water partition coefficient (Wildman–Crippen LogP) is 2.59. The first-order chi connectivity index (χ1) is 11.9. The molecule has 0 aliphatic heterocycles. The Morgan fingerprint density at radius 3 is 2.80 bits per heavy atom. The molecule has 1 N–H and O–H groups in total. The van der Waals surface area contributed by atoms with E-state index in [4.69, 9.17) is 4.74 Å². The Bertz CT molecular complexity index is 838. The van der Waals surface area contributed by atoms with Gasteiger partial charge in [-0.3, -0.25) is 9.48 Å². The Kier molecular flexibility index (Phi) is 5.78. The zero-order valence-corrected chi connectivity index (χ0v) is 15.2. The molecule has 2 aromatic rings. The van der Waals surface area contributed by atoms with Crippen LogP contribution in [0.4, 0.5) is 5.82 Å². The molecular weight excluding hydrogens is 318 g/mol. The van der Waals surface area contributed by atoms with Gasteiger partial charge in [-0.25, -0.2) is 0 Å². The van der Waals surface area contributed by atoms with Gasteiger partial charge in [0.05, 0.1) is 12.6 Å². The smallest absolute Gasteiger partial charge is 0.267 e. The standard InChI is InChI=1S/C18H23N5O2/c1-12-8-15(14(3)23(12)13(2)11-25-5)9-16(10-19)18(24)20-17-6-7-22(4)21-17/h6-9,13H,11H2,1-5H3,(H,20,21,24)/b16-9+/t13-/m0/s1. The first-order valence-electron chi connectivity index (χ1n) is 7.97. The summed E-state index contributed by atoms with van der Waals surface area (Å²) in [5.74, 6) is -0.0659. The number of hydrogen-bond donors (Lipinski definition) is 1. The van der Waals surface area contributed by atoms with Crippen LogP contribution in [0.15, 0.2) is 23.9 Å². The van der Waals surface area contributed by atoms with Crippen LogP contribution in [0.25, 0.3) is 6.08 Å². The molecule has 25 heavy (non-hydrogen) atoms. The molecule has 0 radical (unpaired) electrons. The zero-order valence-electron chi connectivity index (χ0n) is 15.2. The van der Waals surface area contributed by atoms with Gasteiger partial charge in [0.1, 0.15) is 11.6 Å². The molecule has 0 saturated heterocycles. The second-order valence-corrected chi connectivity index (χ2v) is 6.00. The van der Waals surface area contributed by atoms with Gasteiger partial charge in [0, 0.05) is 37.8 Å². The zero-order chi connectivity index (χ0) is 18.6. The topological polar surface area (TPSA) is 84.9 Å². The largest absolute Gasteiger partial charge is 0.383 e. The molecule has 2 heterocycles. The van der Waals surface area contributed by atoms with E-state index in [0.29, 0.717) is 12.4 Å². The number of nitrogens with zero attached hydrogens (tertiary/aromatic N) is 4. The van der Waals surface area contributed by atoms with E-state index < -0.39 is 5.91 Å². The lowest BCUT2D eigenvalue weighted by Crippen LogP contribution is -2.14. The SMILES string of the molecule is COC[C@H](C)n1c(C)cc(/C=C(\C#N)C(=O)Nc2ccn(C)n2)c1C. The van der Waals surface area contributed by atoms with Gasteiger partial charge >= 0.3 is 0 Å². The molecule has 1 amide bonds. The van der Waals surface area contributed by atoms with Gasteiger partial charge in [-0.05, 0) is 38.5 Å². The summed E-state index contributed by atoms with van der Waals surface area (Å²) < 4.78 is 8.94. The molecule has 0 bridgehead atoms. The fourth-order valence-corrected chi connectivity index (χ4v) is 2.91. The van der Waals surface area contributed by atoms with Crippen LogP contribution < -0.4 is 5.32 Å². The molecule has 0 spiro atoms. The number of aromatic nitrogens is 3. The number of carbonyl (C=O) groups excluding carboxylic acids is 1. The van der Waals surface area contributed by atoms with Crippen molar-refractivity contribution >= 4 is 17.8 Å². The fourth-order valence-electron chi connectivity index (χ4n) is 2.91. The second kappa shape index (κ2) is 7.81. The third kappa shape index (κ3) is 4.17. The molecule has 1 atom stereocenters. The van der Waals surface area contributed by atoms with E-state index in [-0.39, 0.29) is 11.6 Å². The minimum atomic E-state index is -0.476. The van der Waals surface area contributed by atoms with Crippen molar-refractivity contribution in [1.82, 2.24) is 14.3 Å². The van der Waals surface area contributed by atoms with E-state index in [2.05, 4.69) is 21.9 Å². The van der Waals surface area contributed by atoms with Crippen LogP contribution in [0.5, 0.6) is 0 Å². The Hall–Kier alpha value is -2.85. The molecular formula is C18H23N5O2. The number of methoxy groups -OCH3 is 1. The minimum Gasteiger partial charge on any atom is -0.383 e. The highest BCUT2D eigenvalue weighted by Gasteiger charge is 2.16. The van der Waals surface area contributed by atoms with Crippen molar-refractivity contribution in [3.05, 3.63) is 40.9 Å². The van der Waals surface area contributed by atoms with Gasteiger partial charge in [-0.1, -0.05) is 0 Å². The molecule has 7 nitrogen and oxygen atoms in total. The first-order valence-corrected chi connectivity index (χ1v) is 7.97. The Balaban J connectivity index is 2.29. The van der Waals surface area contributed by atoms with Gasteiger partial charge in [0.15, 0.2) is 5.82 Å². The number of amides is 1. The van der Waals surface area contributed by atoms with Crippen molar-refractivity contribution in [2.75, 3.05) is 19.0 Å². The number of anilines is 1. The molecule has 2 aromatic heterocycles. The van der Waals surface area contributed by atoms with E-state index in [1.807, 2.05) is 26.0 Å². The van der Waals surface area contributed by atoms with Gasteiger partial charge in [0.2, 0.25) is 0 Å². The van der Waals surface area contributed by atoms with Gasteiger partial charge in [0.25, 0.3) is 5.91 Å². The highest BCUT2D eigenvalue weighted by atomic mass is 16.5. The molecule has 0 fully saturated rings. The van der Waals surface area contributed by atoms with E-state index >= 15 is 0 Å². The van der Waals surface area contributed by atoms with Gasteiger partial charge in [-0.2, -0.15) is 10.4 Å². The van der Waals surface area contributed by atoms with Crippen LogP contribution in [-0.4, -0.2) is 34.0 Å². The molecule has 0 aromatic carbocycles. The second-order valence-electron chi connectivity index (χ2n) is 6.00. The first kappa shape index (κ1) is 18.5.